The van der Waals surface area contributed by atoms with E-state index in [1.54, 1.807) is 29.9 Å². The van der Waals surface area contributed by atoms with Crippen LogP contribution in [0.1, 0.15) is 16.3 Å². The minimum Gasteiger partial charge on any atom is -0.453 e. The molecule has 0 saturated carbocycles. The summed E-state index contributed by atoms with van der Waals surface area (Å²) in [6.07, 6.45) is 1.75. The minimum absolute atomic E-state index is 0.00702. The number of hydrogen-bond acceptors (Lipinski definition) is 7. The molecule has 2 rings (SSSR count). The zero-order valence-corrected chi connectivity index (χ0v) is 9.70. The summed E-state index contributed by atoms with van der Waals surface area (Å²) < 4.78 is 6.69. The van der Waals surface area contributed by atoms with Crippen LogP contribution in [0.15, 0.2) is 18.3 Å². The third-order valence-electron chi connectivity index (χ3n) is 2.20. The molecule has 4 N–H and O–H groups in total. The van der Waals surface area contributed by atoms with Gasteiger partial charge in [-0.2, -0.15) is 15.0 Å². The standard InChI is InChI=1S/C10H12N6O2/c1-16-4-2-3-6(16)8(17)18-5-7-13-9(11)15-10(12)14-7/h2-4H,5H2,1H3,(H4,11,12,13,14,15). The summed E-state index contributed by atoms with van der Waals surface area (Å²) >= 11 is 0. The Hall–Kier alpha value is -2.64. The molecule has 94 valence electrons. The molecule has 0 saturated heterocycles. The van der Waals surface area contributed by atoms with Crippen LogP contribution in [0.3, 0.4) is 0 Å². The number of ether oxygens (including phenoxy) is 1. The average molecular weight is 248 g/mol. The van der Waals surface area contributed by atoms with Gasteiger partial charge in [-0.25, -0.2) is 4.79 Å². The smallest absolute Gasteiger partial charge is 0.355 e. The number of nitrogens with two attached hydrogens (primary N) is 2. The van der Waals surface area contributed by atoms with Crippen molar-refractivity contribution in [3.05, 3.63) is 29.8 Å². The van der Waals surface area contributed by atoms with E-state index in [9.17, 15) is 4.79 Å². The molecule has 18 heavy (non-hydrogen) atoms. The van der Waals surface area contributed by atoms with Crippen molar-refractivity contribution in [2.45, 2.75) is 6.61 Å². The first-order valence-electron chi connectivity index (χ1n) is 5.10. The zero-order valence-electron chi connectivity index (χ0n) is 9.70. The topological polar surface area (TPSA) is 122 Å². The Labute approximate surface area is 103 Å². The highest BCUT2D eigenvalue weighted by Gasteiger charge is 2.11. The van der Waals surface area contributed by atoms with Crippen molar-refractivity contribution in [3.63, 3.8) is 0 Å². The number of nitrogen functional groups attached to an aromatic ring is 2. The van der Waals surface area contributed by atoms with Gasteiger partial charge in [0.2, 0.25) is 11.9 Å². The molecule has 0 amide bonds. The van der Waals surface area contributed by atoms with Gasteiger partial charge in [0.1, 0.15) is 5.69 Å². The normalized spacial score (nSPS) is 10.3. The van der Waals surface area contributed by atoms with E-state index in [2.05, 4.69) is 15.0 Å². The minimum atomic E-state index is -0.472. The van der Waals surface area contributed by atoms with E-state index in [0.29, 0.717) is 5.69 Å². The number of nitrogens with zero attached hydrogens (tertiary/aromatic N) is 4. The Morgan fingerprint density at radius 2 is 2.00 bits per heavy atom. The number of esters is 1. The van der Waals surface area contributed by atoms with Gasteiger partial charge < -0.3 is 20.8 Å². The fourth-order valence-corrected chi connectivity index (χ4v) is 1.40. The highest BCUT2D eigenvalue weighted by atomic mass is 16.5. The van der Waals surface area contributed by atoms with Crippen LogP contribution < -0.4 is 11.5 Å². The number of anilines is 2. The van der Waals surface area contributed by atoms with Gasteiger partial charge in [-0.15, -0.1) is 0 Å². The lowest BCUT2D eigenvalue weighted by Gasteiger charge is -2.05. The van der Waals surface area contributed by atoms with Crippen molar-refractivity contribution in [1.29, 1.82) is 0 Å². The lowest BCUT2D eigenvalue weighted by molar-refractivity contribution is 0.0451. The Balaban J connectivity index is 2.04. The molecule has 0 bridgehead atoms. The fraction of sp³-hybridized carbons (Fsp3) is 0.200. The molecule has 2 aromatic rings. The van der Waals surface area contributed by atoms with E-state index in [4.69, 9.17) is 16.2 Å². The van der Waals surface area contributed by atoms with Gasteiger partial charge in [-0.05, 0) is 12.1 Å². The van der Waals surface area contributed by atoms with Gasteiger partial charge in [0.25, 0.3) is 0 Å². The first-order chi connectivity index (χ1) is 8.56. The monoisotopic (exact) mass is 248 g/mol. The van der Waals surface area contributed by atoms with Crippen LogP contribution in [0.2, 0.25) is 0 Å². The molecule has 0 aliphatic rings. The third-order valence-corrected chi connectivity index (χ3v) is 2.20. The molecule has 0 unspecified atom stereocenters. The van der Waals surface area contributed by atoms with E-state index in [1.165, 1.54) is 0 Å². The summed E-state index contributed by atoms with van der Waals surface area (Å²) in [6.45, 7) is -0.110. The quantitative estimate of drug-likeness (QED) is 0.717. The predicted molar refractivity (Wildman–Crippen MR) is 63.2 cm³/mol. The number of carbonyl (C=O) groups is 1. The molecule has 2 heterocycles. The zero-order chi connectivity index (χ0) is 13.1. The van der Waals surface area contributed by atoms with Gasteiger partial charge in [-0.1, -0.05) is 0 Å². The largest absolute Gasteiger partial charge is 0.453 e. The summed E-state index contributed by atoms with van der Waals surface area (Å²) in [5, 5.41) is 0. The third kappa shape index (κ3) is 2.54. The van der Waals surface area contributed by atoms with Crippen LogP contribution in [0, 0.1) is 0 Å². The second-order valence-corrected chi connectivity index (χ2v) is 3.55. The summed E-state index contributed by atoms with van der Waals surface area (Å²) in [5.74, 6) is -0.276. The molecule has 8 nitrogen and oxygen atoms in total. The Bertz CT molecular complexity index is 559. The maximum atomic E-state index is 11.7. The molecule has 0 radical (unpaired) electrons. The first kappa shape index (κ1) is 11.8. The van der Waals surface area contributed by atoms with Gasteiger partial charge in [-0.3, -0.25) is 0 Å². The summed E-state index contributed by atoms with van der Waals surface area (Å²) in [5.41, 5.74) is 11.2. The fourth-order valence-electron chi connectivity index (χ4n) is 1.40. The van der Waals surface area contributed by atoms with Crippen LogP contribution in [0.5, 0.6) is 0 Å². The Morgan fingerprint density at radius 1 is 1.33 bits per heavy atom. The van der Waals surface area contributed by atoms with E-state index in [1.807, 2.05) is 0 Å². The van der Waals surface area contributed by atoms with Crippen LogP contribution in [-0.2, 0) is 18.4 Å². The number of aromatic nitrogens is 4. The van der Waals surface area contributed by atoms with Crippen LogP contribution in [0.25, 0.3) is 0 Å². The molecule has 2 aromatic heterocycles. The summed E-state index contributed by atoms with van der Waals surface area (Å²) in [7, 11) is 1.75. The van der Waals surface area contributed by atoms with E-state index < -0.39 is 5.97 Å². The SMILES string of the molecule is Cn1cccc1C(=O)OCc1nc(N)nc(N)n1. The number of carbonyl (C=O) groups excluding carboxylic acids is 1. The second kappa shape index (κ2) is 4.70. The molecule has 0 aliphatic heterocycles. The van der Waals surface area contributed by atoms with Gasteiger partial charge >= 0.3 is 5.97 Å². The van der Waals surface area contributed by atoms with E-state index >= 15 is 0 Å². The van der Waals surface area contributed by atoms with E-state index in [-0.39, 0.29) is 24.3 Å². The van der Waals surface area contributed by atoms with Crippen molar-refractivity contribution < 1.29 is 9.53 Å². The number of rotatable bonds is 3. The maximum absolute atomic E-state index is 11.7. The van der Waals surface area contributed by atoms with E-state index in [0.717, 1.165) is 0 Å². The summed E-state index contributed by atoms with van der Waals surface area (Å²) in [6, 6.07) is 3.40. The average Bonchev–Trinajstić information content (AvgIpc) is 2.71. The van der Waals surface area contributed by atoms with Crippen molar-refractivity contribution in [2.75, 3.05) is 11.5 Å². The molecule has 0 aromatic carbocycles. The van der Waals surface area contributed by atoms with Gasteiger partial charge in [0.05, 0.1) is 0 Å². The number of hydrogen-bond donors (Lipinski definition) is 2. The van der Waals surface area contributed by atoms with Crippen molar-refractivity contribution >= 4 is 17.9 Å². The van der Waals surface area contributed by atoms with Crippen LogP contribution in [-0.4, -0.2) is 25.5 Å². The molecule has 8 heteroatoms. The molecular weight excluding hydrogens is 236 g/mol. The molecule has 0 aliphatic carbocycles. The Morgan fingerprint density at radius 3 is 2.56 bits per heavy atom. The lowest BCUT2D eigenvalue weighted by Crippen LogP contribution is -2.13. The van der Waals surface area contributed by atoms with Crippen molar-refractivity contribution in [2.24, 2.45) is 7.05 Å². The molecule has 0 atom stereocenters. The lowest BCUT2D eigenvalue weighted by atomic mass is 10.4. The highest BCUT2D eigenvalue weighted by Crippen LogP contribution is 2.05. The molecule has 0 spiro atoms. The molecule has 0 fully saturated rings. The number of aryl methyl sites for hydroxylation is 1. The summed E-state index contributed by atoms with van der Waals surface area (Å²) in [4.78, 5) is 22.9. The maximum Gasteiger partial charge on any atom is 0.355 e. The van der Waals surface area contributed by atoms with Crippen molar-refractivity contribution in [1.82, 2.24) is 19.5 Å². The first-order valence-corrected chi connectivity index (χ1v) is 5.10. The Kier molecular flexibility index (Phi) is 3.09. The van der Waals surface area contributed by atoms with Gasteiger partial charge in [0, 0.05) is 13.2 Å². The second-order valence-electron chi connectivity index (χ2n) is 3.55. The van der Waals surface area contributed by atoms with Crippen molar-refractivity contribution in [3.8, 4) is 0 Å². The highest BCUT2D eigenvalue weighted by molar-refractivity contribution is 5.87. The van der Waals surface area contributed by atoms with Crippen LogP contribution >= 0.6 is 0 Å². The van der Waals surface area contributed by atoms with Gasteiger partial charge in [0.15, 0.2) is 12.4 Å². The predicted octanol–water partition coefficient (Wildman–Crippen LogP) is -0.268. The molecular formula is C10H12N6O2. The van der Waals surface area contributed by atoms with Crippen LogP contribution in [0.4, 0.5) is 11.9 Å².